The molecule has 0 bridgehead atoms. The number of phenolic OH excluding ortho intramolecular Hbond substituents is 1. The second-order valence-corrected chi connectivity index (χ2v) is 3.98. The Balaban J connectivity index is 2.29. The Kier molecular flexibility index (Phi) is 4.64. The third kappa shape index (κ3) is 4.68. The van der Waals surface area contributed by atoms with Gasteiger partial charge in [0.15, 0.2) is 0 Å². The van der Waals surface area contributed by atoms with Crippen LogP contribution in [-0.4, -0.2) is 24.2 Å². The molecule has 0 fully saturated rings. The average Bonchev–Trinajstić information content (AvgIpc) is 2.25. The fourth-order valence-corrected chi connectivity index (χ4v) is 1.06. The van der Waals surface area contributed by atoms with Crippen LogP contribution in [0, 0.1) is 5.92 Å². The second kappa shape index (κ2) is 6.00. The number of nitrogens with one attached hydrogen (secondary N) is 1. The van der Waals surface area contributed by atoms with Crippen molar-refractivity contribution in [1.29, 1.82) is 0 Å². The van der Waals surface area contributed by atoms with Gasteiger partial charge in [0, 0.05) is 5.69 Å². The van der Waals surface area contributed by atoms with Crippen LogP contribution in [0.2, 0.25) is 0 Å². The van der Waals surface area contributed by atoms with Gasteiger partial charge in [0.05, 0.1) is 6.61 Å². The van der Waals surface area contributed by atoms with Crippen LogP contribution in [0.25, 0.3) is 0 Å². The molecule has 1 rings (SSSR count). The number of rotatable bonds is 5. The third-order valence-corrected chi connectivity index (χ3v) is 1.88. The number of carbonyl (C=O) groups is 1. The number of aromatic hydroxyl groups is 1. The van der Waals surface area contributed by atoms with E-state index in [1.807, 2.05) is 13.8 Å². The monoisotopic (exact) mass is 223 g/mol. The summed E-state index contributed by atoms with van der Waals surface area (Å²) in [6.07, 6.45) is 0. The lowest BCUT2D eigenvalue weighted by Crippen LogP contribution is -2.18. The van der Waals surface area contributed by atoms with Gasteiger partial charge < -0.3 is 15.2 Å². The van der Waals surface area contributed by atoms with Crippen LogP contribution < -0.4 is 5.32 Å². The molecule has 4 heteroatoms. The first-order chi connectivity index (χ1) is 7.58. The number of anilines is 1. The van der Waals surface area contributed by atoms with Crippen molar-refractivity contribution >= 4 is 11.7 Å². The van der Waals surface area contributed by atoms with Gasteiger partial charge in [-0.25, -0.2) is 0 Å². The lowest BCUT2D eigenvalue weighted by Gasteiger charge is -2.08. The smallest absolute Gasteiger partial charge is 0.325 e. The van der Waals surface area contributed by atoms with Gasteiger partial charge in [-0.3, -0.25) is 4.79 Å². The first-order valence-corrected chi connectivity index (χ1v) is 5.26. The van der Waals surface area contributed by atoms with Crippen LogP contribution in [0.1, 0.15) is 13.8 Å². The molecule has 0 heterocycles. The zero-order valence-electron chi connectivity index (χ0n) is 9.56. The maximum Gasteiger partial charge on any atom is 0.325 e. The largest absolute Gasteiger partial charge is 0.508 e. The molecular weight excluding hydrogens is 206 g/mol. The van der Waals surface area contributed by atoms with Gasteiger partial charge in [0.1, 0.15) is 12.3 Å². The number of hydrogen-bond acceptors (Lipinski definition) is 4. The minimum atomic E-state index is -0.276. The second-order valence-electron chi connectivity index (χ2n) is 3.98. The Morgan fingerprint density at radius 1 is 1.38 bits per heavy atom. The number of hydrogen-bond donors (Lipinski definition) is 2. The van der Waals surface area contributed by atoms with Gasteiger partial charge in [0.2, 0.25) is 0 Å². The maximum absolute atomic E-state index is 11.3. The Hall–Kier alpha value is -1.71. The molecule has 0 saturated carbocycles. The van der Waals surface area contributed by atoms with Crippen molar-refractivity contribution in [2.24, 2.45) is 5.92 Å². The van der Waals surface area contributed by atoms with Crippen LogP contribution in [0.4, 0.5) is 5.69 Å². The van der Waals surface area contributed by atoms with Crippen LogP contribution in [0.3, 0.4) is 0 Å². The topological polar surface area (TPSA) is 58.6 Å². The molecule has 0 aliphatic heterocycles. The van der Waals surface area contributed by atoms with Gasteiger partial charge in [0.25, 0.3) is 0 Å². The van der Waals surface area contributed by atoms with Gasteiger partial charge in [-0.2, -0.15) is 0 Å². The van der Waals surface area contributed by atoms with E-state index in [1.165, 1.54) is 0 Å². The van der Waals surface area contributed by atoms with Crippen molar-refractivity contribution in [3.63, 3.8) is 0 Å². The first-order valence-electron chi connectivity index (χ1n) is 5.26. The van der Waals surface area contributed by atoms with E-state index < -0.39 is 0 Å². The SMILES string of the molecule is CC(C)COC(=O)CNc1ccc(O)cc1. The molecule has 4 nitrogen and oxygen atoms in total. The molecule has 16 heavy (non-hydrogen) atoms. The third-order valence-electron chi connectivity index (χ3n) is 1.88. The van der Waals surface area contributed by atoms with E-state index in [0.717, 1.165) is 5.69 Å². The normalized spacial score (nSPS) is 10.2. The predicted molar refractivity (Wildman–Crippen MR) is 62.4 cm³/mol. The molecule has 0 unspecified atom stereocenters. The minimum absolute atomic E-state index is 0.136. The highest BCUT2D eigenvalue weighted by atomic mass is 16.5. The van der Waals surface area contributed by atoms with Crippen LogP contribution in [0.15, 0.2) is 24.3 Å². The summed E-state index contributed by atoms with van der Waals surface area (Å²) in [4.78, 5) is 11.3. The van der Waals surface area contributed by atoms with E-state index in [2.05, 4.69) is 5.32 Å². The lowest BCUT2D eigenvalue weighted by molar-refractivity contribution is -0.142. The average molecular weight is 223 g/mol. The molecule has 88 valence electrons. The highest BCUT2D eigenvalue weighted by Gasteiger charge is 2.03. The number of benzene rings is 1. The summed E-state index contributed by atoms with van der Waals surface area (Å²) in [5.41, 5.74) is 0.777. The number of esters is 1. The zero-order chi connectivity index (χ0) is 12.0. The Labute approximate surface area is 95.2 Å². The van der Waals surface area contributed by atoms with Crippen LogP contribution >= 0.6 is 0 Å². The Morgan fingerprint density at radius 2 is 2.00 bits per heavy atom. The molecular formula is C12H17NO3. The summed E-state index contributed by atoms with van der Waals surface area (Å²) < 4.78 is 5.00. The lowest BCUT2D eigenvalue weighted by atomic mass is 10.2. The minimum Gasteiger partial charge on any atom is -0.508 e. The molecule has 0 aromatic heterocycles. The van der Waals surface area contributed by atoms with E-state index >= 15 is 0 Å². The molecule has 0 aliphatic carbocycles. The molecule has 1 aromatic carbocycles. The van der Waals surface area contributed by atoms with Crippen LogP contribution in [-0.2, 0) is 9.53 Å². The quantitative estimate of drug-likeness (QED) is 0.592. The Bertz CT molecular complexity index is 333. The van der Waals surface area contributed by atoms with E-state index in [0.29, 0.717) is 12.5 Å². The van der Waals surface area contributed by atoms with E-state index in [1.54, 1.807) is 24.3 Å². The molecule has 0 atom stereocenters. The van der Waals surface area contributed by atoms with Gasteiger partial charge >= 0.3 is 5.97 Å². The summed E-state index contributed by atoms with van der Waals surface area (Å²) in [6.45, 7) is 4.55. The number of phenols is 1. The number of carbonyl (C=O) groups excluding carboxylic acids is 1. The zero-order valence-corrected chi connectivity index (χ0v) is 9.56. The first kappa shape index (κ1) is 12.4. The van der Waals surface area contributed by atoms with Crippen molar-refractivity contribution < 1.29 is 14.6 Å². The van der Waals surface area contributed by atoms with E-state index in [4.69, 9.17) is 9.84 Å². The van der Waals surface area contributed by atoms with E-state index in [9.17, 15) is 4.79 Å². The molecule has 0 amide bonds. The number of ether oxygens (including phenoxy) is 1. The molecule has 1 aromatic rings. The van der Waals surface area contributed by atoms with Crippen molar-refractivity contribution in [3.05, 3.63) is 24.3 Å². The summed E-state index contributed by atoms with van der Waals surface area (Å²) in [7, 11) is 0. The standard InChI is InChI=1S/C12H17NO3/c1-9(2)8-16-12(15)7-13-10-3-5-11(14)6-4-10/h3-6,9,13-14H,7-8H2,1-2H3. The summed E-state index contributed by atoms with van der Waals surface area (Å²) in [6, 6.07) is 6.51. The molecule has 2 N–H and O–H groups in total. The van der Waals surface area contributed by atoms with Gasteiger partial charge in [-0.15, -0.1) is 0 Å². The fraction of sp³-hybridized carbons (Fsp3) is 0.417. The predicted octanol–water partition coefficient (Wildman–Crippen LogP) is 2.00. The van der Waals surface area contributed by atoms with Gasteiger partial charge in [-0.1, -0.05) is 13.8 Å². The highest BCUT2D eigenvalue weighted by Crippen LogP contribution is 2.13. The maximum atomic E-state index is 11.3. The van der Waals surface area contributed by atoms with Crippen LogP contribution in [0.5, 0.6) is 5.75 Å². The van der Waals surface area contributed by atoms with Crippen molar-refractivity contribution in [2.75, 3.05) is 18.5 Å². The summed E-state index contributed by atoms with van der Waals surface area (Å²) >= 11 is 0. The summed E-state index contributed by atoms with van der Waals surface area (Å²) in [5.74, 6) is 0.271. The molecule has 0 spiro atoms. The van der Waals surface area contributed by atoms with Crippen molar-refractivity contribution in [3.8, 4) is 5.75 Å². The fourth-order valence-electron chi connectivity index (χ4n) is 1.06. The van der Waals surface area contributed by atoms with E-state index in [-0.39, 0.29) is 18.3 Å². The highest BCUT2D eigenvalue weighted by molar-refractivity contribution is 5.75. The van der Waals surface area contributed by atoms with Gasteiger partial charge in [-0.05, 0) is 30.2 Å². The van der Waals surface area contributed by atoms with Crippen molar-refractivity contribution in [2.45, 2.75) is 13.8 Å². The summed E-state index contributed by atoms with van der Waals surface area (Å²) in [5, 5.41) is 12.0. The molecule has 0 aliphatic rings. The molecule has 0 saturated heterocycles. The Morgan fingerprint density at radius 3 is 2.56 bits per heavy atom. The molecule has 0 radical (unpaired) electrons. The van der Waals surface area contributed by atoms with Crippen molar-refractivity contribution in [1.82, 2.24) is 0 Å².